The van der Waals surface area contributed by atoms with Crippen molar-refractivity contribution in [3.63, 3.8) is 0 Å². The van der Waals surface area contributed by atoms with E-state index in [-0.39, 0.29) is 16.5 Å². The molecule has 0 fully saturated rings. The largest absolute Gasteiger partial charge is 0.452 e. The van der Waals surface area contributed by atoms with Gasteiger partial charge in [-0.05, 0) is 31.4 Å². The molecule has 1 aromatic rings. The van der Waals surface area contributed by atoms with Crippen LogP contribution in [0.2, 0.25) is 0 Å². The topological polar surface area (TPSA) is 89.5 Å². The second kappa shape index (κ2) is 9.56. The fourth-order valence-electron chi connectivity index (χ4n) is 2.39. The molecular weight excluding hydrogens is 342 g/mol. The highest BCUT2D eigenvalue weighted by Gasteiger charge is 2.20. The van der Waals surface area contributed by atoms with E-state index >= 15 is 0 Å². The number of amides is 1. The van der Waals surface area contributed by atoms with E-state index in [2.05, 4.69) is 19.2 Å². The Bertz CT molecular complexity index is 697. The van der Waals surface area contributed by atoms with Gasteiger partial charge in [-0.1, -0.05) is 38.8 Å². The van der Waals surface area contributed by atoms with Crippen LogP contribution in [0.15, 0.2) is 29.2 Å². The number of hydrogen-bond donors (Lipinski definition) is 1. The van der Waals surface area contributed by atoms with Crippen molar-refractivity contribution < 1.29 is 22.7 Å². The summed E-state index contributed by atoms with van der Waals surface area (Å²) in [5.41, 5.74) is -0.0669. The average molecular weight is 369 g/mol. The lowest BCUT2D eigenvalue weighted by Crippen LogP contribution is -2.36. The van der Waals surface area contributed by atoms with E-state index in [9.17, 15) is 18.0 Å². The van der Waals surface area contributed by atoms with Crippen molar-refractivity contribution in [1.82, 2.24) is 5.32 Å². The van der Waals surface area contributed by atoms with Gasteiger partial charge in [0.25, 0.3) is 5.91 Å². The van der Waals surface area contributed by atoms with E-state index < -0.39 is 28.3 Å². The van der Waals surface area contributed by atoms with Crippen LogP contribution < -0.4 is 5.32 Å². The normalized spacial score (nSPS) is 12.7. The summed E-state index contributed by atoms with van der Waals surface area (Å²) in [5, 5.41) is 2.77. The van der Waals surface area contributed by atoms with Crippen molar-refractivity contribution in [2.75, 3.05) is 12.9 Å². The number of nitrogens with one attached hydrogen (secondary N) is 1. The van der Waals surface area contributed by atoms with E-state index in [0.717, 1.165) is 25.5 Å². The predicted octanol–water partition coefficient (Wildman–Crippen LogP) is 2.58. The molecule has 0 aliphatic carbocycles. The lowest BCUT2D eigenvalue weighted by Gasteiger charge is -2.15. The van der Waals surface area contributed by atoms with Crippen LogP contribution in [0.5, 0.6) is 0 Å². The maximum absolute atomic E-state index is 12.1. The Kier molecular flexibility index (Phi) is 8.09. The Labute approximate surface area is 149 Å². The number of rotatable bonds is 9. The molecule has 140 valence electrons. The third-order valence-corrected chi connectivity index (χ3v) is 4.82. The molecule has 1 rings (SSSR count). The first-order valence-electron chi connectivity index (χ1n) is 8.36. The number of benzene rings is 1. The molecule has 6 nitrogen and oxygen atoms in total. The number of sulfone groups is 1. The molecule has 0 spiro atoms. The second-order valence-electron chi connectivity index (χ2n) is 6.64. The zero-order valence-electron chi connectivity index (χ0n) is 15.2. The smallest absolute Gasteiger partial charge is 0.339 e. The van der Waals surface area contributed by atoms with Crippen LogP contribution in [0.25, 0.3) is 0 Å². The van der Waals surface area contributed by atoms with Gasteiger partial charge in [-0.3, -0.25) is 4.79 Å². The molecule has 0 saturated heterocycles. The molecule has 0 aliphatic rings. The standard InChI is InChI=1S/C18H27NO5S/c1-13(2)8-7-9-14(3)19-17(20)12-24-18(21)15-10-5-6-11-16(15)25(4,22)23/h5-6,10-11,13-14H,7-9,12H2,1-4H3,(H,19,20). The van der Waals surface area contributed by atoms with Gasteiger partial charge >= 0.3 is 5.97 Å². The Morgan fingerprint density at radius 2 is 1.76 bits per heavy atom. The SMILES string of the molecule is CC(C)CCCC(C)NC(=O)COC(=O)c1ccccc1S(C)(=O)=O. The number of ether oxygens (including phenoxy) is 1. The Morgan fingerprint density at radius 1 is 1.12 bits per heavy atom. The quantitative estimate of drug-likeness (QED) is 0.676. The van der Waals surface area contributed by atoms with E-state index in [4.69, 9.17) is 4.74 Å². The molecule has 0 bridgehead atoms. The van der Waals surface area contributed by atoms with Crippen molar-refractivity contribution in [2.24, 2.45) is 5.92 Å². The monoisotopic (exact) mass is 369 g/mol. The van der Waals surface area contributed by atoms with E-state index in [1.54, 1.807) is 6.07 Å². The van der Waals surface area contributed by atoms with Gasteiger partial charge in [0.2, 0.25) is 0 Å². The minimum atomic E-state index is -3.55. The molecule has 1 aromatic carbocycles. The molecule has 0 aliphatic heterocycles. The van der Waals surface area contributed by atoms with Crippen molar-refractivity contribution in [3.8, 4) is 0 Å². The Morgan fingerprint density at radius 3 is 2.36 bits per heavy atom. The average Bonchev–Trinajstić information content (AvgIpc) is 2.51. The third-order valence-electron chi connectivity index (χ3n) is 3.67. The van der Waals surface area contributed by atoms with Crippen LogP contribution in [0.3, 0.4) is 0 Å². The van der Waals surface area contributed by atoms with Crippen molar-refractivity contribution in [1.29, 1.82) is 0 Å². The van der Waals surface area contributed by atoms with Crippen LogP contribution in [0.4, 0.5) is 0 Å². The van der Waals surface area contributed by atoms with Gasteiger partial charge < -0.3 is 10.1 Å². The number of esters is 1. The fourth-order valence-corrected chi connectivity index (χ4v) is 3.27. The van der Waals surface area contributed by atoms with Crippen LogP contribution in [0.1, 0.15) is 50.4 Å². The first kappa shape index (κ1) is 21.2. The van der Waals surface area contributed by atoms with Gasteiger partial charge in [0.05, 0.1) is 10.5 Å². The van der Waals surface area contributed by atoms with Crippen LogP contribution in [-0.2, 0) is 19.4 Å². The molecule has 7 heteroatoms. The summed E-state index contributed by atoms with van der Waals surface area (Å²) in [7, 11) is -3.55. The molecule has 0 saturated carbocycles. The van der Waals surface area contributed by atoms with Crippen LogP contribution in [0, 0.1) is 5.92 Å². The predicted molar refractivity (Wildman–Crippen MR) is 96.1 cm³/mol. The van der Waals surface area contributed by atoms with Crippen LogP contribution >= 0.6 is 0 Å². The molecule has 0 aromatic heterocycles. The molecule has 1 amide bonds. The van der Waals surface area contributed by atoms with Crippen molar-refractivity contribution >= 4 is 21.7 Å². The lowest BCUT2D eigenvalue weighted by atomic mass is 10.0. The summed E-state index contributed by atoms with van der Waals surface area (Å²) in [6.45, 7) is 5.76. The zero-order valence-corrected chi connectivity index (χ0v) is 16.1. The molecule has 1 atom stereocenters. The highest BCUT2D eigenvalue weighted by atomic mass is 32.2. The van der Waals surface area contributed by atoms with Gasteiger partial charge in [0.1, 0.15) is 0 Å². The maximum Gasteiger partial charge on any atom is 0.339 e. The first-order chi connectivity index (χ1) is 11.6. The van der Waals surface area contributed by atoms with Gasteiger partial charge in [-0.15, -0.1) is 0 Å². The van der Waals surface area contributed by atoms with E-state index in [1.807, 2.05) is 6.92 Å². The van der Waals surface area contributed by atoms with E-state index in [1.165, 1.54) is 18.2 Å². The van der Waals surface area contributed by atoms with Gasteiger partial charge in [-0.25, -0.2) is 13.2 Å². The molecule has 0 heterocycles. The molecule has 25 heavy (non-hydrogen) atoms. The third kappa shape index (κ3) is 7.69. The van der Waals surface area contributed by atoms with Crippen LogP contribution in [-0.4, -0.2) is 39.2 Å². The molecule has 1 N–H and O–H groups in total. The summed E-state index contributed by atoms with van der Waals surface area (Å²) in [6.07, 6.45) is 3.98. The minimum Gasteiger partial charge on any atom is -0.452 e. The zero-order chi connectivity index (χ0) is 19.0. The van der Waals surface area contributed by atoms with Crippen molar-refractivity contribution in [2.45, 2.75) is 51.0 Å². The number of carbonyl (C=O) groups excluding carboxylic acids is 2. The summed E-state index contributed by atoms with van der Waals surface area (Å²) in [5.74, 6) is -0.607. The highest BCUT2D eigenvalue weighted by molar-refractivity contribution is 7.90. The van der Waals surface area contributed by atoms with Gasteiger partial charge in [0.15, 0.2) is 16.4 Å². The van der Waals surface area contributed by atoms with Gasteiger partial charge in [0, 0.05) is 12.3 Å². The summed E-state index contributed by atoms with van der Waals surface area (Å²) < 4.78 is 28.4. The summed E-state index contributed by atoms with van der Waals surface area (Å²) in [4.78, 5) is 23.8. The molecule has 1 unspecified atom stereocenters. The fraction of sp³-hybridized carbons (Fsp3) is 0.556. The first-order valence-corrected chi connectivity index (χ1v) is 10.3. The lowest BCUT2D eigenvalue weighted by molar-refractivity contribution is -0.124. The molecular formula is C18H27NO5S. The summed E-state index contributed by atoms with van der Waals surface area (Å²) in [6, 6.07) is 5.77. The minimum absolute atomic E-state index is 0.00624. The van der Waals surface area contributed by atoms with Crippen molar-refractivity contribution in [3.05, 3.63) is 29.8 Å². The number of hydrogen-bond acceptors (Lipinski definition) is 5. The van der Waals surface area contributed by atoms with E-state index in [0.29, 0.717) is 5.92 Å². The Balaban J connectivity index is 2.53. The summed E-state index contributed by atoms with van der Waals surface area (Å²) >= 11 is 0. The highest BCUT2D eigenvalue weighted by Crippen LogP contribution is 2.16. The molecule has 0 radical (unpaired) electrons. The second-order valence-corrected chi connectivity index (χ2v) is 8.62. The number of carbonyl (C=O) groups is 2. The Hall–Kier alpha value is -1.89. The van der Waals surface area contributed by atoms with Gasteiger partial charge in [-0.2, -0.15) is 0 Å². The maximum atomic E-state index is 12.1.